The predicted molar refractivity (Wildman–Crippen MR) is 109 cm³/mol. The Kier molecular flexibility index (Phi) is 4.84. The van der Waals surface area contributed by atoms with Crippen LogP contribution in [0.25, 0.3) is 11.0 Å². The molecule has 4 rings (SSSR count). The van der Waals surface area contributed by atoms with Crippen LogP contribution in [0.15, 0.2) is 42.5 Å². The van der Waals surface area contributed by atoms with E-state index in [1.165, 1.54) is 16.7 Å². The third kappa shape index (κ3) is 3.82. The third-order valence-corrected chi connectivity index (χ3v) is 5.50. The number of hydrogen-bond acceptors (Lipinski definition) is 3. The van der Waals surface area contributed by atoms with Crippen LogP contribution in [0.5, 0.6) is 0 Å². The Balaban J connectivity index is 1.34. The fourth-order valence-corrected chi connectivity index (χ4v) is 3.75. The number of imidazole rings is 1. The Morgan fingerprint density at radius 3 is 2.74 bits per heavy atom. The Bertz CT molecular complexity index is 954. The number of nitrogens with zero attached hydrogens (tertiary/aromatic N) is 2. The largest absolute Gasteiger partial charge is 0.352 e. The molecule has 0 atom stereocenters. The molecule has 1 aromatic heterocycles. The molecule has 0 spiro atoms. The quantitative estimate of drug-likeness (QED) is 0.744. The maximum Gasteiger partial charge on any atom is 0.223 e. The molecular formula is C22H26N4O. The van der Waals surface area contributed by atoms with Crippen LogP contribution >= 0.6 is 0 Å². The van der Waals surface area contributed by atoms with E-state index in [9.17, 15) is 4.79 Å². The number of carbonyl (C=O) groups is 1. The van der Waals surface area contributed by atoms with E-state index in [0.29, 0.717) is 6.54 Å². The Labute approximate surface area is 159 Å². The Morgan fingerprint density at radius 2 is 1.96 bits per heavy atom. The molecule has 1 amide bonds. The second kappa shape index (κ2) is 7.43. The van der Waals surface area contributed by atoms with Gasteiger partial charge in [0.25, 0.3) is 0 Å². The van der Waals surface area contributed by atoms with Crippen molar-refractivity contribution in [2.75, 3.05) is 18.0 Å². The number of amides is 1. The first kappa shape index (κ1) is 17.6. The molecule has 0 bridgehead atoms. The predicted octanol–water partition coefficient (Wildman–Crippen LogP) is 3.71. The lowest BCUT2D eigenvalue weighted by Crippen LogP contribution is -2.40. The minimum Gasteiger partial charge on any atom is -0.352 e. The fourth-order valence-electron chi connectivity index (χ4n) is 3.75. The van der Waals surface area contributed by atoms with Crippen molar-refractivity contribution in [3.63, 3.8) is 0 Å². The molecule has 27 heavy (non-hydrogen) atoms. The molecule has 2 N–H and O–H groups in total. The molecule has 1 fully saturated rings. The highest BCUT2D eigenvalue weighted by atomic mass is 16.1. The summed E-state index contributed by atoms with van der Waals surface area (Å²) in [6.45, 7) is 6.47. The number of hydrogen-bond donors (Lipinski definition) is 2. The molecule has 2 aromatic carbocycles. The van der Waals surface area contributed by atoms with Crippen LogP contribution in [0.3, 0.4) is 0 Å². The first-order valence-corrected chi connectivity index (χ1v) is 9.64. The number of benzene rings is 2. The number of anilines is 1. The normalized spacial score (nSPS) is 15.3. The van der Waals surface area contributed by atoms with E-state index < -0.39 is 0 Å². The second-order valence-electron chi connectivity index (χ2n) is 7.49. The Hall–Kier alpha value is -2.82. The van der Waals surface area contributed by atoms with Crippen molar-refractivity contribution in [3.05, 3.63) is 59.2 Å². The van der Waals surface area contributed by atoms with Gasteiger partial charge in [0.2, 0.25) is 11.9 Å². The third-order valence-electron chi connectivity index (χ3n) is 5.50. The van der Waals surface area contributed by atoms with Crippen LogP contribution in [-0.4, -0.2) is 29.0 Å². The van der Waals surface area contributed by atoms with Gasteiger partial charge in [0, 0.05) is 25.6 Å². The van der Waals surface area contributed by atoms with Crippen molar-refractivity contribution in [1.29, 1.82) is 0 Å². The molecule has 0 unspecified atom stereocenters. The molecule has 1 saturated heterocycles. The van der Waals surface area contributed by atoms with Gasteiger partial charge in [-0.2, -0.15) is 0 Å². The van der Waals surface area contributed by atoms with Crippen molar-refractivity contribution in [2.45, 2.75) is 33.2 Å². The number of rotatable bonds is 4. The zero-order valence-electron chi connectivity index (χ0n) is 16.0. The van der Waals surface area contributed by atoms with Gasteiger partial charge in [-0.25, -0.2) is 4.98 Å². The molecule has 140 valence electrons. The highest BCUT2D eigenvalue weighted by Crippen LogP contribution is 2.24. The minimum atomic E-state index is 0.0805. The van der Waals surface area contributed by atoms with Gasteiger partial charge < -0.3 is 15.2 Å². The molecular weight excluding hydrogens is 336 g/mol. The first-order valence-electron chi connectivity index (χ1n) is 9.64. The van der Waals surface area contributed by atoms with E-state index in [2.05, 4.69) is 59.4 Å². The van der Waals surface area contributed by atoms with Crippen LogP contribution in [0.2, 0.25) is 0 Å². The summed E-state index contributed by atoms with van der Waals surface area (Å²) in [5, 5.41) is 3.11. The van der Waals surface area contributed by atoms with Crippen molar-refractivity contribution in [1.82, 2.24) is 15.3 Å². The zero-order valence-corrected chi connectivity index (χ0v) is 16.0. The van der Waals surface area contributed by atoms with Gasteiger partial charge >= 0.3 is 0 Å². The fraction of sp³-hybridized carbons (Fsp3) is 0.364. The van der Waals surface area contributed by atoms with Crippen molar-refractivity contribution in [2.24, 2.45) is 5.92 Å². The molecule has 1 aliphatic rings. The van der Waals surface area contributed by atoms with Gasteiger partial charge in [-0.05, 0) is 55.5 Å². The van der Waals surface area contributed by atoms with Crippen LogP contribution in [-0.2, 0) is 11.3 Å². The molecule has 1 aliphatic heterocycles. The van der Waals surface area contributed by atoms with Gasteiger partial charge in [-0.3, -0.25) is 4.79 Å². The number of aryl methyl sites for hydroxylation is 2. The number of H-pyrrole nitrogens is 1. The summed E-state index contributed by atoms with van der Waals surface area (Å²) in [7, 11) is 0. The monoisotopic (exact) mass is 362 g/mol. The van der Waals surface area contributed by atoms with Gasteiger partial charge in [0.05, 0.1) is 11.0 Å². The van der Waals surface area contributed by atoms with Crippen LogP contribution in [0, 0.1) is 19.8 Å². The standard InChI is InChI=1S/C22H26N4O/c1-15-7-8-19-20(13-15)25-22(24-19)26-11-9-17(10-12-26)21(27)23-14-18-6-4-3-5-16(18)2/h3-8,13,17H,9-12,14H2,1-2H3,(H,23,27)(H,24,25). The minimum absolute atomic E-state index is 0.0805. The van der Waals surface area contributed by atoms with E-state index in [1.54, 1.807) is 0 Å². The van der Waals surface area contributed by atoms with Gasteiger partial charge in [-0.15, -0.1) is 0 Å². The highest BCUT2D eigenvalue weighted by molar-refractivity contribution is 5.80. The summed E-state index contributed by atoms with van der Waals surface area (Å²) in [4.78, 5) is 22.9. The van der Waals surface area contributed by atoms with Gasteiger partial charge in [-0.1, -0.05) is 30.3 Å². The van der Waals surface area contributed by atoms with E-state index in [1.807, 2.05) is 12.1 Å². The number of carbonyl (C=O) groups excluding carboxylic acids is 1. The SMILES string of the molecule is Cc1ccc2nc(N3CCC(C(=O)NCc4ccccc4C)CC3)[nH]c2c1. The van der Waals surface area contributed by atoms with Crippen molar-refractivity contribution < 1.29 is 4.79 Å². The average molecular weight is 362 g/mol. The Morgan fingerprint density at radius 1 is 1.19 bits per heavy atom. The molecule has 5 heteroatoms. The van der Waals surface area contributed by atoms with E-state index in [4.69, 9.17) is 4.98 Å². The maximum absolute atomic E-state index is 12.6. The van der Waals surface area contributed by atoms with Crippen LogP contribution in [0.4, 0.5) is 5.95 Å². The van der Waals surface area contributed by atoms with Crippen molar-refractivity contribution >= 4 is 22.9 Å². The molecule has 2 heterocycles. The highest BCUT2D eigenvalue weighted by Gasteiger charge is 2.26. The molecule has 5 nitrogen and oxygen atoms in total. The van der Waals surface area contributed by atoms with E-state index in [-0.39, 0.29) is 11.8 Å². The molecule has 0 saturated carbocycles. The summed E-state index contributed by atoms with van der Waals surface area (Å²) in [6.07, 6.45) is 1.71. The second-order valence-corrected chi connectivity index (χ2v) is 7.49. The number of fused-ring (bicyclic) bond motifs is 1. The summed E-state index contributed by atoms with van der Waals surface area (Å²) in [6, 6.07) is 14.4. The van der Waals surface area contributed by atoms with E-state index >= 15 is 0 Å². The summed E-state index contributed by atoms with van der Waals surface area (Å²) in [5.41, 5.74) is 5.69. The number of nitrogens with one attached hydrogen (secondary N) is 2. The molecule has 3 aromatic rings. The van der Waals surface area contributed by atoms with Crippen molar-refractivity contribution in [3.8, 4) is 0 Å². The van der Waals surface area contributed by atoms with Gasteiger partial charge in [0.1, 0.15) is 0 Å². The maximum atomic E-state index is 12.6. The van der Waals surface area contributed by atoms with E-state index in [0.717, 1.165) is 42.9 Å². The zero-order chi connectivity index (χ0) is 18.8. The number of aromatic nitrogens is 2. The first-order chi connectivity index (χ1) is 13.1. The molecule has 0 radical (unpaired) electrons. The summed E-state index contributed by atoms with van der Waals surface area (Å²) >= 11 is 0. The lowest BCUT2D eigenvalue weighted by Gasteiger charge is -2.31. The lowest BCUT2D eigenvalue weighted by molar-refractivity contribution is -0.125. The number of piperidine rings is 1. The lowest BCUT2D eigenvalue weighted by atomic mass is 9.96. The average Bonchev–Trinajstić information content (AvgIpc) is 3.10. The summed E-state index contributed by atoms with van der Waals surface area (Å²) in [5.74, 6) is 1.16. The smallest absolute Gasteiger partial charge is 0.223 e. The van der Waals surface area contributed by atoms with Crippen LogP contribution < -0.4 is 10.2 Å². The summed E-state index contributed by atoms with van der Waals surface area (Å²) < 4.78 is 0. The van der Waals surface area contributed by atoms with Gasteiger partial charge in [0.15, 0.2) is 0 Å². The van der Waals surface area contributed by atoms with Crippen LogP contribution in [0.1, 0.15) is 29.5 Å². The number of aromatic amines is 1. The molecule has 0 aliphatic carbocycles. The topological polar surface area (TPSA) is 61.0 Å².